The molecule has 0 amide bonds. The third-order valence-corrected chi connectivity index (χ3v) is 5.01. The van der Waals surface area contributed by atoms with Crippen LogP contribution in [0.3, 0.4) is 0 Å². The van der Waals surface area contributed by atoms with E-state index < -0.39 is 0 Å². The van der Waals surface area contributed by atoms with E-state index in [1.807, 2.05) is 18.3 Å². The molecule has 1 aliphatic heterocycles. The van der Waals surface area contributed by atoms with Crippen LogP contribution in [0.1, 0.15) is 37.1 Å². The molecule has 0 saturated heterocycles. The number of unbranched alkanes of at least 4 members (excludes halogenated alkanes) is 1. The van der Waals surface area contributed by atoms with Crippen LogP contribution in [0, 0.1) is 0 Å². The van der Waals surface area contributed by atoms with Crippen LogP contribution in [-0.4, -0.2) is 43.6 Å². The molecule has 1 saturated carbocycles. The number of aryl methyl sites for hydroxylation is 1. The fourth-order valence-electron chi connectivity index (χ4n) is 3.34. The molecule has 2 aromatic heterocycles. The van der Waals surface area contributed by atoms with Crippen LogP contribution < -0.4 is 0 Å². The molecule has 0 atom stereocenters. The van der Waals surface area contributed by atoms with Crippen LogP contribution >= 0.6 is 11.6 Å². The molecule has 1 aliphatic carbocycles. The largest absolute Gasteiger partial charge is 0.396 e. The molecule has 0 spiro atoms. The van der Waals surface area contributed by atoms with Gasteiger partial charge >= 0.3 is 0 Å². The minimum atomic E-state index is 0.239. The number of aromatic nitrogens is 2. The smallest absolute Gasteiger partial charge is 0.138 e. The van der Waals surface area contributed by atoms with Gasteiger partial charge in [0.2, 0.25) is 0 Å². The third kappa shape index (κ3) is 3.23. The zero-order valence-corrected chi connectivity index (χ0v) is 14.5. The molecule has 2 aliphatic rings. The maximum atomic E-state index is 9.07. The van der Waals surface area contributed by atoms with E-state index in [0.717, 1.165) is 49.9 Å². The second-order valence-corrected chi connectivity index (χ2v) is 7.13. The highest BCUT2D eigenvalue weighted by Crippen LogP contribution is 2.30. The molecule has 0 aromatic carbocycles. The standard InChI is InChI=1S/C18H23ClN4O/c19-14-6-7-23-17(3-1-2-10-24)16(20-18(23)11-14)12-21-8-9-22(13-21)15-4-5-15/h6-9,11,15,24H,1-5,10,12-13H2. The Labute approximate surface area is 147 Å². The Kier molecular flexibility index (Phi) is 4.37. The number of rotatable bonds is 7. The minimum Gasteiger partial charge on any atom is -0.396 e. The normalized spacial score (nSPS) is 17.4. The first-order chi connectivity index (χ1) is 11.7. The fraction of sp³-hybridized carbons (Fsp3) is 0.500. The van der Waals surface area contributed by atoms with Crippen molar-refractivity contribution in [2.75, 3.05) is 13.3 Å². The minimum absolute atomic E-state index is 0.239. The quantitative estimate of drug-likeness (QED) is 0.783. The predicted octanol–water partition coefficient (Wildman–Crippen LogP) is 3.01. The predicted molar refractivity (Wildman–Crippen MR) is 94.6 cm³/mol. The van der Waals surface area contributed by atoms with E-state index in [9.17, 15) is 0 Å². The molecular weight excluding hydrogens is 324 g/mol. The summed E-state index contributed by atoms with van der Waals surface area (Å²) in [5.74, 6) is 0. The molecule has 1 fully saturated rings. The van der Waals surface area contributed by atoms with E-state index in [-0.39, 0.29) is 6.61 Å². The molecular formula is C18H23ClN4O. The van der Waals surface area contributed by atoms with Crippen molar-refractivity contribution in [3.63, 3.8) is 0 Å². The SMILES string of the molecule is OCCCCc1c(CN2C=CN(C3CC3)C2)nc2cc(Cl)ccn12. The second-order valence-electron chi connectivity index (χ2n) is 6.69. The van der Waals surface area contributed by atoms with Crippen LogP contribution in [0.2, 0.25) is 5.02 Å². The Bertz CT molecular complexity index is 753. The lowest BCUT2D eigenvalue weighted by atomic mass is 10.1. The van der Waals surface area contributed by atoms with Crippen molar-refractivity contribution in [1.29, 1.82) is 0 Å². The van der Waals surface area contributed by atoms with Crippen molar-refractivity contribution < 1.29 is 5.11 Å². The summed E-state index contributed by atoms with van der Waals surface area (Å²) in [5, 5.41) is 9.78. The molecule has 6 heteroatoms. The van der Waals surface area contributed by atoms with Crippen molar-refractivity contribution in [1.82, 2.24) is 19.2 Å². The van der Waals surface area contributed by atoms with Gasteiger partial charge in [0.05, 0.1) is 18.9 Å². The Morgan fingerprint density at radius 3 is 2.92 bits per heavy atom. The van der Waals surface area contributed by atoms with Crippen molar-refractivity contribution in [3.05, 3.63) is 47.1 Å². The van der Waals surface area contributed by atoms with E-state index in [1.54, 1.807) is 0 Å². The maximum Gasteiger partial charge on any atom is 0.138 e. The van der Waals surface area contributed by atoms with Crippen molar-refractivity contribution in [2.45, 2.75) is 44.7 Å². The van der Waals surface area contributed by atoms with Crippen molar-refractivity contribution in [2.24, 2.45) is 0 Å². The van der Waals surface area contributed by atoms with Gasteiger partial charge in [0.25, 0.3) is 0 Å². The zero-order chi connectivity index (χ0) is 16.5. The summed E-state index contributed by atoms with van der Waals surface area (Å²) < 4.78 is 2.14. The third-order valence-electron chi connectivity index (χ3n) is 4.77. The molecule has 1 N–H and O–H groups in total. The van der Waals surface area contributed by atoms with E-state index in [0.29, 0.717) is 5.02 Å². The number of imidazole rings is 1. The van der Waals surface area contributed by atoms with E-state index in [2.05, 4.69) is 26.6 Å². The molecule has 0 unspecified atom stereocenters. The Hall–Kier alpha value is -1.72. The highest BCUT2D eigenvalue weighted by molar-refractivity contribution is 6.30. The highest BCUT2D eigenvalue weighted by atomic mass is 35.5. The lowest BCUT2D eigenvalue weighted by Gasteiger charge is -2.20. The first-order valence-corrected chi connectivity index (χ1v) is 9.07. The maximum absolute atomic E-state index is 9.07. The lowest BCUT2D eigenvalue weighted by Crippen LogP contribution is -2.26. The summed E-state index contributed by atoms with van der Waals surface area (Å²) in [6.07, 6.45) is 11.7. The van der Waals surface area contributed by atoms with E-state index >= 15 is 0 Å². The van der Waals surface area contributed by atoms with Crippen LogP contribution in [0.5, 0.6) is 0 Å². The Morgan fingerprint density at radius 1 is 1.25 bits per heavy atom. The summed E-state index contributed by atoms with van der Waals surface area (Å²) in [6.45, 7) is 2.01. The molecule has 2 aromatic rings. The fourth-order valence-corrected chi connectivity index (χ4v) is 3.49. The van der Waals surface area contributed by atoms with Gasteiger partial charge in [-0.25, -0.2) is 4.98 Å². The summed E-state index contributed by atoms with van der Waals surface area (Å²) >= 11 is 6.12. The Morgan fingerprint density at radius 2 is 2.12 bits per heavy atom. The molecule has 24 heavy (non-hydrogen) atoms. The van der Waals surface area contributed by atoms with Gasteiger partial charge in [0.1, 0.15) is 5.65 Å². The number of fused-ring (bicyclic) bond motifs is 1. The van der Waals surface area contributed by atoms with Crippen LogP contribution in [0.25, 0.3) is 5.65 Å². The lowest BCUT2D eigenvalue weighted by molar-refractivity contribution is 0.251. The average molecular weight is 347 g/mol. The molecule has 0 bridgehead atoms. The van der Waals surface area contributed by atoms with Gasteiger partial charge in [-0.15, -0.1) is 0 Å². The van der Waals surface area contributed by atoms with Gasteiger partial charge in [-0.1, -0.05) is 11.6 Å². The second kappa shape index (κ2) is 6.65. The first-order valence-electron chi connectivity index (χ1n) is 8.69. The number of aliphatic hydroxyl groups is 1. The highest BCUT2D eigenvalue weighted by Gasteiger charge is 2.30. The number of aliphatic hydroxyl groups excluding tert-OH is 1. The number of hydrogen-bond acceptors (Lipinski definition) is 4. The van der Waals surface area contributed by atoms with Crippen molar-refractivity contribution in [3.8, 4) is 0 Å². The number of nitrogens with zero attached hydrogens (tertiary/aromatic N) is 4. The molecule has 5 nitrogen and oxygen atoms in total. The molecule has 128 valence electrons. The summed E-state index contributed by atoms with van der Waals surface area (Å²) in [4.78, 5) is 9.55. The topological polar surface area (TPSA) is 44.0 Å². The first kappa shape index (κ1) is 15.8. The summed E-state index contributed by atoms with van der Waals surface area (Å²) in [5.41, 5.74) is 3.24. The molecule has 3 heterocycles. The molecule has 4 rings (SSSR count). The van der Waals surface area contributed by atoms with E-state index in [4.69, 9.17) is 21.7 Å². The summed E-state index contributed by atoms with van der Waals surface area (Å²) in [7, 11) is 0. The monoisotopic (exact) mass is 346 g/mol. The van der Waals surface area contributed by atoms with Gasteiger partial charge in [0, 0.05) is 48.0 Å². The Balaban J connectivity index is 1.56. The number of halogens is 1. The number of hydrogen-bond donors (Lipinski definition) is 1. The van der Waals surface area contributed by atoms with Gasteiger partial charge in [0.15, 0.2) is 0 Å². The van der Waals surface area contributed by atoms with Gasteiger partial charge in [-0.2, -0.15) is 0 Å². The van der Waals surface area contributed by atoms with Gasteiger partial charge in [-0.05, 0) is 38.2 Å². The van der Waals surface area contributed by atoms with Crippen LogP contribution in [-0.2, 0) is 13.0 Å². The summed E-state index contributed by atoms with van der Waals surface area (Å²) in [6, 6.07) is 4.56. The number of pyridine rings is 1. The van der Waals surface area contributed by atoms with Gasteiger partial charge in [-0.3, -0.25) is 0 Å². The van der Waals surface area contributed by atoms with Crippen LogP contribution in [0.4, 0.5) is 0 Å². The van der Waals surface area contributed by atoms with Crippen molar-refractivity contribution >= 4 is 17.2 Å². The zero-order valence-electron chi connectivity index (χ0n) is 13.7. The van der Waals surface area contributed by atoms with Crippen LogP contribution in [0.15, 0.2) is 30.7 Å². The van der Waals surface area contributed by atoms with E-state index in [1.165, 1.54) is 18.5 Å². The molecule has 0 radical (unpaired) electrons. The van der Waals surface area contributed by atoms with Gasteiger partial charge < -0.3 is 19.3 Å². The average Bonchev–Trinajstić information content (AvgIpc) is 3.23.